The van der Waals surface area contributed by atoms with Gasteiger partial charge in [0, 0.05) is 18.8 Å². The Morgan fingerprint density at radius 2 is 1.89 bits per heavy atom. The molecular formula is C18H19Cl2N5O2S. The van der Waals surface area contributed by atoms with E-state index in [-0.39, 0.29) is 22.4 Å². The number of hydrogen-bond acceptors (Lipinski definition) is 6. The van der Waals surface area contributed by atoms with E-state index >= 15 is 0 Å². The summed E-state index contributed by atoms with van der Waals surface area (Å²) in [6, 6.07) is 4.96. The fourth-order valence-electron chi connectivity index (χ4n) is 2.98. The molecule has 0 atom stereocenters. The number of benzene rings is 1. The van der Waals surface area contributed by atoms with Gasteiger partial charge in [0.15, 0.2) is 5.16 Å². The van der Waals surface area contributed by atoms with Gasteiger partial charge in [0.05, 0.1) is 10.6 Å². The van der Waals surface area contributed by atoms with Gasteiger partial charge in [0.1, 0.15) is 16.5 Å². The number of hydrogen-bond donors (Lipinski definition) is 2. The number of rotatable bonds is 5. The summed E-state index contributed by atoms with van der Waals surface area (Å²) < 4.78 is 0. The number of thioether (sulfide) groups is 1. The first-order chi connectivity index (χ1) is 13.4. The molecule has 1 aromatic carbocycles. The van der Waals surface area contributed by atoms with Gasteiger partial charge in [0.25, 0.3) is 11.8 Å². The number of nitrogens with one attached hydrogen (secondary N) is 1. The summed E-state index contributed by atoms with van der Waals surface area (Å²) in [5.74, 6) is -0.644. The maximum Gasteiger partial charge on any atom is 0.255 e. The molecule has 0 spiro atoms. The van der Waals surface area contributed by atoms with E-state index in [1.807, 2.05) is 4.90 Å². The predicted octanol–water partition coefficient (Wildman–Crippen LogP) is 3.97. The van der Waals surface area contributed by atoms with Crippen molar-refractivity contribution in [3.05, 3.63) is 39.5 Å². The van der Waals surface area contributed by atoms with E-state index in [2.05, 4.69) is 15.3 Å². The molecule has 1 saturated heterocycles. The summed E-state index contributed by atoms with van der Waals surface area (Å²) >= 11 is 13.7. The monoisotopic (exact) mass is 439 g/mol. The molecule has 1 fully saturated rings. The maximum atomic E-state index is 12.7. The molecule has 0 unspecified atom stereocenters. The van der Waals surface area contributed by atoms with Crippen molar-refractivity contribution in [3.8, 4) is 0 Å². The number of amides is 2. The van der Waals surface area contributed by atoms with Crippen LogP contribution in [0.1, 0.15) is 40.0 Å². The highest BCUT2D eigenvalue weighted by atomic mass is 35.5. The van der Waals surface area contributed by atoms with Crippen LogP contribution in [0.2, 0.25) is 10.2 Å². The standard InChI is InChI=1S/C18H19Cl2N5O2S/c1-28-18-23-14(20)13(15(21)26)16(24-18)22-10-5-6-11(12(19)9-10)17(27)25-7-3-2-4-8-25/h5-6,9H,2-4,7-8H2,1H3,(H2,21,26)(H,22,23,24). The van der Waals surface area contributed by atoms with Gasteiger partial charge in [-0.05, 0) is 43.7 Å². The van der Waals surface area contributed by atoms with Gasteiger partial charge in [-0.25, -0.2) is 9.97 Å². The number of piperidine rings is 1. The zero-order valence-corrected chi connectivity index (χ0v) is 17.5. The molecule has 148 valence electrons. The Balaban J connectivity index is 1.88. The number of carbonyl (C=O) groups excluding carboxylic acids is 2. The Morgan fingerprint density at radius 3 is 2.50 bits per heavy atom. The summed E-state index contributed by atoms with van der Waals surface area (Å²) in [5.41, 5.74) is 6.39. The lowest BCUT2D eigenvalue weighted by Gasteiger charge is -2.27. The van der Waals surface area contributed by atoms with E-state index in [0.717, 1.165) is 32.4 Å². The van der Waals surface area contributed by atoms with E-state index in [1.165, 1.54) is 11.8 Å². The van der Waals surface area contributed by atoms with Crippen molar-refractivity contribution in [2.75, 3.05) is 24.7 Å². The van der Waals surface area contributed by atoms with Crippen LogP contribution >= 0.6 is 35.0 Å². The summed E-state index contributed by atoms with van der Waals surface area (Å²) in [4.78, 5) is 34.5. The van der Waals surface area contributed by atoms with Crippen LogP contribution in [0.25, 0.3) is 0 Å². The molecule has 10 heteroatoms. The Labute approximate surface area is 177 Å². The Bertz CT molecular complexity index is 919. The van der Waals surface area contributed by atoms with Gasteiger partial charge in [-0.1, -0.05) is 35.0 Å². The predicted molar refractivity (Wildman–Crippen MR) is 112 cm³/mol. The highest BCUT2D eigenvalue weighted by Gasteiger charge is 2.22. The normalized spacial score (nSPS) is 14.0. The van der Waals surface area contributed by atoms with E-state index in [0.29, 0.717) is 21.4 Å². The van der Waals surface area contributed by atoms with E-state index in [9.17, 15) is 9.59 Å². The van der Waals surface area contributed by atoms with Crippen LogP contribution in [-0.2, 0) is 0 Å². The molecule has 1 aliphatic heterocycles. The Morgan fingerprint density at radius 1 is 1.18 bits per heavy atom. The summed E-state index contributed by atoms with van der Waals surface area (Å²) in [6.07, 6.45) is 4.94. The Kier molecular flexibility index (Phi) is 6.64. The first-order valence-corrected chi connectivity index (χ1v) is 10.7. The third kappa shape index (κ3) is 4.51. The number of primary amides is 1. The van der Waals surface area contributed by atoms with Crippen LogP contribution in [0.3, 0.4) is 0 Å². The zero-order valence-electron chi connectivity index (χ0n) is 15.2. The van der Waals surface area contributed by atoms with Crippen LogP contribution in [0.15, 0.2) is 23.4 Å². The maximum absolute atomic E-state index is 12.7. The fraction of sp³-hybridized carbons (Fsp3) is 0.333. The van der Waals surface area contributed by atoms with Crippen LogP contribution in [-0.4, -0.2) is 46.0 Å². The molecule has 3 rings (SSSR count). The van der Waals surface area contributed by atoms with Gasteiger partial charge >= 0.3 is 0 Å². The number of carbonyl (C=O) groups is 2. The lowest BCUT2D eigenvalue weighted by Crippen LogP contribution is -2.35. The lowest BCUT2D eigenvalue weighted by atomic mass is 10.1. The first kappa shape index (κ1) is 20.7. The minimum Gasteiger partial charge on any atom is -0.365 e. The van der Waals surface area contributed by atoms with Crippen molar-refractivity contribution in [1.82, 2.24) is 14.9 Å². The average molecular weight is 440 g/mol. The molecule has 1 aromatic heterocycles. The quantitative estimate of drug-likeness (QED) is 0.415. The highest BCUT2D eigenvalue weighted by Crippen LogP contribution is 2.29. The summed E-state index contributed by atoms with van der Waals surface area (Å²) in [7, 11) is 0. The Hall–Kier alpha value is -2.03. The molecule has 0 saturated carbocycles. The van der Waals surface area contributed by atoms with Gasteiger partial charge in [-0.3, -0.25) is 9.59 Å². The molecule has 3 N–H and O–H groups in total. The van der Waals surface area contributed by atoms with Crippen LogP contribution in [0.5, 0.6) is 0 Å². The second-order valence-corrected chi connectivity index (χ2v) is 7.80. The molecule has 7 nitrogen and oxygen atoms in total. The van der Waals surface area contributed by atoms with Gasteiger partial charge in [-0.15, -0.1) is 0 Å². The molecule has 28 heavy (non-hydrogen) atoms. The number of likely N-dealkylation sites (tertiary alicyclic amines) is 1. The molecule has 2 heterocycles. The molecule has 0 aliphatic carbocycles. The SMILES string of the molecule is CSc1nc(Cl)c(C(N)=O)c(Nc2ccc(C(=O)N3CCCCC3)c(Cl)c2)n1. The van der Waals surface area contributed by atoms with E-state index in [1.54, 1.807) is 24.5 Å². The minimum absolute atomic E-state index is 0.0101. The third-order valence-corrected chi connectivity index (χ3v) is 5.51. The highest BCUT2D eigenvalue weighted by molar-refractivity contribution is 7.98. The van der Waals surface area contributed by atoms with Crippen molar-refractivity contribution < 1.29 is 9.59 Å². The number of aromatic nitrogens is 2. The van der Waals surface area contributed by atoms with Crippen molar-refractivity contribution in [2.45, 2.75) is 24.4 Å². The van der Waals surface area contributed by atoms with Gasteiger partial charge in [-0.2, -0.15) is 0 Å². The minimum atomic E-state index is -0.747. The van der Waals surface area contributed by atoms with Gasteiger partial charge in [0.2, 0.25) is 0 Å². The third-order valence-electron chi connectivity index (χ3n) is 4.38. The van der Waals surface area contributed by atoms with E-state index < -0.39 is 5.91 Å². The van der Waals surface area contributed by atoms with Crippen molar-refractivity contribution >= 4 is 58.3 Å². The van der Waals surface area contributed by atoms with Gasteiger partial charge < -0.3 is 16.0 Å². The summed E-state index contributed by atoms with van der Waals surface area (Å²) in [5, 5.41) is 3.67. The van der Waals surface area contributed by atoms with Crippen molar-refractivity contribution in [2.24, 2.45) is 5.73 Å². The molecule has 0 bridgehead atoms. The molecule has 2 aromatic rings. The molecule has 2 amide bonds. The van der Waals surface area contributed by atoms with Crippen LogP contribution in [0.4, 0.5) is 11.5 Å². The topological polar surface area (TPSA) is 101 Å². The zero-order chi connectivity index (χ0) is 20.3. The fourth-order valence-corrected chi connectivity index (χ4v) is 3.92. The second-order valence-electron chi connectivity index (χ2n) is 6.26. The number of nitrogens with zero attached hydrogens (tertiary/aromatic N) is 3. The molecule has 1 aliphatic rings. The largest absolute Gasteiger partial charge is 0.365 e. The second kappa shape index (κ2) is 8.98. The van der Waals surface area contributed by atoms with Crippen LogP contribution < -0.4 is 11.1 Å². The van der Waals surface area contributed by atoms with E-state index in [4.69, 9.17) is 28.9 Å². The average Bonchev–Trinajstić information content (AvgIpc) is 2.67. The number of nitrogens with two attached hydrogens (primary N) is 1. The van der Waals surface area contributed by atoms with Crippen molar-refractivity contribution in [1.29, 1.82) is 0 Å². The first-order valence-electron chi connectivity index (χ1n) is 8.68. The number of halogens is 2. The smallest absolute Gasteiger partial charge is 0.255 e. The molecule has 0 radical (unpaired) electrons. The number of anilines is 2. The van der Waals surface area contributed by atoms with Crippen molar-refractivity contribution in [3.63, 3.8) is 0 Å². The van der Waals surface area contributed by atoms with Crippen LogP contribution in [0, 0.1) is 0 Å². The molecular weight excluding hydrogens is 421 g/mol. The lowest BCUT2D eigenvalue weighted by molar-refractivity contribution is 0.0724. The summed E-state index contributed by atoms with van der Waals surface area (Å²) in [6.45, 7) is 1.49.